The summed E-state index contributed by atoms with van der Waals surface area (Å²) in [6.07, 6.45) is 0.741. The Bertz CT molecular complexity index is 680. The number of rotatable bonds is 5. The maximum Gasteiger partial charge on any atom is 0.315 e. The van der Waals surface area contributed by atoms with Crippen molar-refractivity contribution in [3.8, 4) is 0 Å². The number of urea groups is 1. The van der Waals surface area contributed by atoms with Gasteiger partial charge in [0.15, 0.2) is 0 Å². The van der Waals surface area contributed by atoms with Gasteiger partial charge in [0.2, 0.25) is 5.91 Å². The first-order valence-electron chi connectivity index (χ1n) is 8.47. The molecule has 1 fully saturated rings. The summed E-state index contributed by atoms with van der Waals surface area (Å²) in [5, 5.41) is 15.8. The zero-order chi connectivity index (χ0) is 19.3. The molecule has 0 radical (unpaired) electrons. The molecule has 10 heteroatoms. The molecule has 0 spiro atoms. The normalized spacial score (nSPS) is 18.2. The van der Waals surface area contributed by atoms with Gasteiger partial charge in [-0.1, -0.05) is 26.0 Å². The fraction of sp³-hybridized carbons (Fsp3) is 0.529. The molecule has 1 aliphatic heterocycles. The number of nitrogens with one attached hydrogen (secondary N) is 2. The lowest BCUT2D eigenvalue weighted by Crippen LogP contribution is -2.55. The van der Waals surface area contributed by atoms with Crippen LogP contribution in [0.15, 0.2) is 24.3 Å². The number of nitrogens with zero attached hydrogens (tertiary/aromatic N) is 2. The summed E-state index contributed by atoms with van der Waals surface area (Å²) < 4.78 is 0. The highest BCUT2D eigenvalue weighted by molar-refractivity contribution is 5.85. The van der Waals surface area contributed by atoms with Crippen LogP contribution in [0.4, 0.5) is 10.5 Å². The topological polar surface area (TPSA) is 131 Å². The van der Waals surface area contributed by atoms with E-state index in [0.717, 1.165) is 12.0 Å². The van der Waals surface area contributed by atoms with Crippen LogP contribution in [0.1, 0.15) is 25.8 Å². The van der Waals surface area contributed by atoms with Crippen molar-refractivity contribution in [3.63, 3.8) is 0 Å². The van der Waals surface area contributed by atoms with E-state index in [1.807, 2.05) is 13.8 Å². The minimum atomic E-state index is -0.482. The first-order chi connectivity index (χ1) is 12.2. The smallest absolute Gasteiger partial charge is 0.315 e. The second-order valence-corrected chi connectivity index (χ2v) is 7.16. The molecule has 0 aromatic heterocycles. The summed E-state index contributed by atoms with van der Waals surface area (Å²) >= 11 is 0. The quantitative estimate of drug-likeness (QED) is 0.508. The molecular weight excluding hydrogens is 374 g/mol. The van der Waals surface area contributed by atoms with Crippen molar-refractivity contribution in [2.75, 3.05) is 19.6 Å². The van der Waals surface area contributed by atoms with E-state index in [-0.39, 0.29) is 48.5 Å². The lowest BCUT2D eigenvalue weighted by molar-refractivity contribution is -0.384. The molecule has 0 bridgehead atoms. The fourth-order valence-electron chi connectivity index (χ4n) is 2.83. The number of benzene rings is 1. The van der Waals surface area contributed by atoms with Crippen LogP contribution in [0.2, 0.25) is 0 Å². The van der Waals surface area contributed by atoms with Crippen molar-refractivity contribution >= 4 is 30.0 Å². The Morgan fingerprint density at radius 1 is 1.30 bits per heavy atom. The standard InChI is InChI=1S/C17H25N5O4.ClH/c1-17(2)11-21(8-7-14(17)18)15(23)10-20-16(24)19-9-12-3-5-13(6-4-12)22(25)26;/h3-6,14H,7-11,18H2,1-2H3,(H2,19,20,24);1H. The first-order valence-corrected chi connectivity index (χ1v) is 8.47. The van der Waals surface area contributed by atoms with Crippen LogP contribution < -0.4 is 16.4 Å². The average Bonchev–Trinajstić information content (AvgIpc) is 2.60. The van der Waals surface area contributed by atoms with E-state index >= 15 is 0 Å². The molecule has 2 rings (SSSR count). The molecule has 27 heavy (non-hydrogen) atoms. The maximum atomic E-state index is 12.3. The Morgan fingerprint density at radius 3 is 2.48 bits per heavy atom. The molecule has 9 nitrogen and oxygen atoms in total. The number of hydrogen-bond acceptors (Lipinski definition) is 5. The monoisotopic (exact) mass is 399 g/mol. The number of halogens is 1. The molecule has 1 saturated heterocycles. The summed E-state index contributed by atoms with van der Waals surface area (Å²) in [7, 11) is 0. The van der Waals surface area contributed by atoms with E-state index in [0.29, 0.717) is 13.1 Å². The van der Waals surface area contributed by atoms with Crippen molar-refractivity contribution < 1.29 is 14.5 Å². The third-order valence-electron chi connectivity index (χ3n) is 4.67. The van der Waals surface area contributed by atoms with Gasteiger partial charge >= 0.3 is 6.03 Å². The molecule has 1 aliphatic rings. The van der Waals surface area contributed by atoms with E-state index in [2.05, 4.69) is 10.6 Å². The second kappa shape index (κ2) is 9.52. The average molecular weight is 400 g/mol. The number of nitrogens with two attached hydrogens (primary N) is 1. The van der Waals surface area contributed by atoms with Gasteiger partial charge in [-0.15, -0.1) is 12.4 Å². The maximum absolute atomic E-state index is 12.3. The van der Waals surface area contributed by atoms with Gasteiger partial charge in [-0.25, -0.2) is 4.79 Å². The van der Waals surface area contributed by atoms with Gasteiger partial charge in [-0.2, -0.15) is 0 Å². The summed E-state index contributed by atoms with van der Waals surface area (Å²) in [4.78, 5) is 35.9. The largest absolute Gasteiger partial charge is 0.341 e. The number of non-ortho nitro benzene ring substituents is 1. The molecule has 3 amide bonds. The molecule has 1 aromatic carbocycles. The van der Waals surface area contributed by atoms with Gasteiger partial charge in [-0.3, -0.25) is 14.9 Å². The lowest BCUT2D eigenvalue weighted by atomic mass is 9.80. The Hall–Kier alpha value is -2.39. The SMILES string of the molecule is CC1(C)CN(C(=O)CNC(=O)NCc2ccc([N+](=O)[O-])cc2)CCC1N.Cl. The Balaban J connectivity index is 0.00000364. The lowest BCUT2D eigenvalue weighted by Gasteiger charge is -2.42. The highest BCUT2D eigenvalue weighted by atomic mass is 35.5. The molecule has 1 atom stereocenters. The summed E-state index contributed by atoms with van der Waals surface area (Å²) in [6.45, 7) is 5.35. The predicted octanol–water partition coefficient (Wildman–Crippen LogP) is 1.40. The molecule has 0 aliphatic carbocycles. The zero-order valence-electron chi connectivity index (χ0n) is 15.4. The third kappa shape index (κ3) is 6.37. The fourth-order valence-corrected chi connectivity index (χ4v) is 2.83. The molecule has 150 valence electrons. The van der Waals surface area contributed by atoms with Crippen molar-refractivity contribution in [3.05, 3.63) is 39.9 Å². The Kier molecular flexibility index (Phi) is 7.98. The highest BCUT2D eigenvalue weighted by Gasteiger charge is 2.35. The van der Waals surface area contributed by atoms with E-state index in [4.69, 9.17) is 5.73 Å². The van der Waals surface area contributed by atoms with Crippen molar-refractivity contribution in [2.24, 2.45) is 11.1 Å². The summed E-state index contributed by atoms with van der Waals surface area (Å²) in [5.74, 6) is -0.143. The molecule has 1 aromatic rings. The highest BCUT2D eigenvalue weighted by Crippen LogP contribution is 2.27. The van der Waals surface area contributed by atoms with Crippen LogP contribution in [0.3, 0.4) is 0 Å². The number of nitro benzene ring substituents is 1. The zero-order valence-corrected chi connectivity index (χ0v) is 16.3. The van der Waals surface area contributed by atoms with Gasteiger partial charge in [0.25, 0.3) is 5.69 Å². The van der Waals surface area contributed by atoms with Gasteiger partial charge in [0.05, 0.1) is 11.5 Å². The predicted molar refractivity (Wildman–Crippen MR) is 104 cm³/mol. The number of piperidine rings is 1. The van der Waals surface area contributed by atoms with Crippen LogP contribution in [0, 0.1) is 15.5 Å². The van der Waals surface area contributed by atoms with Gasteiger partial charge < -0.3 is 21.3 Å². The Labute approximate surface area is 164 Å². The van der Waals surface area contributed by atoms with Crippen LogP contribution in [-0.4, -0.2) is 47.4 Å². The van der Waals surface area contributed by atoms with E-state index in [1.165, 1.54) is 12.1 Å². The van der Waals surface area contributed by atoms with Gasteiger partial charge in [-0.05, 0) is 17.4 Å². The van der Waals surface area contributed by atoms with Crippen LogP contribution in [0.25, 0.3) is 0 Å². The van der Waals surface area contributed by atoms with Crippen LogP contribution in [-0.2, 0) is 11.3 Å². The van der Waals surface area contributed by atoms with Crippen molar-refractivity contribution in [2.45, 2.75) is 32.9 Å². The first kappa shape index (κ1) is 22.7. The van der Waals surface area contributed by atoms with Gasteiger partial charge in [0, 0.05) is 37.8 Å². The molecule has 1 heterocycles. The number of hydrogen-bond donors (Lipinski definition) is 3. The second-order valence-electron chi connectivity index (χ2n) is 7.16. The molecular formula is C17H26ClN5O4. The minimum absolute atomic E-state index is 0. The summed E-state index contributed by atoms with van der Waals surface area (Å²) in [6, 6.07) is 5.49. The minimum Gasteiger partial charge on any atom is -0.341 e. The van der Waals surface area contributed by atoms with E-state index in [9.17, 15) is 19.7 Å². The third-order valence-corrected chi connectivity index (χ3v) is 4.67. The van der Waals surface area contributed by atoms with Crippen LogP contribution in [0.5, 0.6) is 0 Å². The number of amides is 3. The number of carbonyl (C=O) groups is 2. The summed E-state index contributed by atoms with van der Waals surface area (Å²) in [5.41, 5.74) is 6.64. The molecule has 4 N–H and O–H groups in total. The van der Waals surface area contributed by atoms with E-state index in [1.54, 1.807) is 17.0 Å². The van der Waals surface area contributed by atoms with E-state index < -0.39 is 11.0 Å². The van der Waals surface area contributed by atoms with Crippen molar-refractivity contribution in [1.29, 1.82) is 0 Å². The molecule has 1 unspecified atom stereocenters. The van der Waals surface area contributed by atoms with Crippen molar-refractivity contribution in [1.82, 2.24) is 15.5 Å². The Morgan fingerprint density at radius 2 is 1.93 bits per heavy atom. The molecule has 0 saturated carbocycles. The number of nitro groups is 1. The number of likely N-dealkylation sites (tertiary alicyclic amines) is 1. The van der Waals surface area contributed by atoms with Gasteiger partial charge in [0.1, 0.15) is 0 Å². The van der Waals surface area contributed by atoms with Crippen LogP contribution >= 0.6 is 12.4 Å². The number of carbonyl (C=O) groups excluding carboxylic acids is 2.